The van der Waals surface area contributed by atoms with Gasteiger partial charge in [-0.1, -0.05) is 42.5 Å². The van der Waals surface area contributed by atoms with Crippen LogP contribution in [-0.4, -0.2) is 102 Å². The van der Waals surface area contributed by atoms with E-state index in [1.54, 1.807) is 31.2 Å². The van der Waals surface area contributed by atoms with E-state index < -0.39 is 71.9 Å². The average Bonchev–Trinajstić information content (AvgIpc) is 3.05. The van der Waals surface area contributed by atoms with Crippen LogP contribution < -0.4 is 26.2 Å². The second kappa shape index (κ2) is 18.1. The van der Waals surface area contributed by atoms with Gasteiger partial charge in [-0.05, 0) is 37.5 Å². The van der Waals surface area contributed by atoms with Crippen LogP contribution >= 0.6 is 11.6 Å². The van der Waals surface area contributed by atoms with Gasteiger partial charge < -0.3 is 50.0 Å². The van der Waals surface area contributed by atoms with Crippen molar-refractivity contribution >= 4 is 29.2 Å². The van der Waals surface area contributed by atoms with E-state index in [9.17, 15) is 39.6 Å². The number of aliphatic hydroxyl groups is 3. The summed E-state index contributed by atoms with van der Waals surface area (Å²) in [5.41, 5.74) is -1.49. The zero-order chi connectivity index (χ0) is 34.6. The molecule has 3 rings (SSSR count). The molecule has 1 aliphatic rings. The van der Waals surface area contributed by atoms with Crippen molar-refractivity contribution in [2.45, 2.75) is 81.7 Å². The fourth-order valence-electron chi connectivity index (χ4n) is 5.10. The van der Waals surface area contributed by atoms with Crippen molar-refractivity contribution in [2.75, 3.05) is 38.3 Å². The molecule has 1 fully saturated rings. The highest BCUT2D eigenvalue weighted by molar-refractivity contribution is 6.30. The van der Waals surface area contributed by atoms with Crippen LogP contribution in [0.5, 0.6) is 5.75 Å². The summed E-state index contributed by atoms with van der Waals surface area (Å²) in [5, 5.41) is 49.1. The maximum atomic E-state index is 12.5. The summed E-state index contributed by atoms with van der Waals surface area (Å²) >= 11 is 5.88. The SMILES string of the molecule is C#CCOCCCCCCO[C@]1(C(=O)O)C[C@H](O)[C@@H](Nc2c(OCC)c(=O)c2=O)[C@H]([C@H](O)[C@H](O)CNC(=O)Cc2ccc(Cl)cc2)O1. The number of carbonyl (C=O) groups is 2. The first-order chi connectivity index (χ1) is 22.4. The third-order valence-electron chi connectivity index (χ3n) is 7.59. The normalized spacial score (nSPS) is 22.3. The lowest BCUT2D eigenvalue weighted by atomic mass is 9.88. The molecule has 0 unspecified atom stereocenters. The quantitative estimate of drug-likeness (QED) is 0.0634. The Morgan fingerprint density at radius 2 is 1.81 bits per heavy atom. The number of amides is 1. The number of carboxylic acid groups (broad SMARTS) is 1. The number of aliphatic hydroxyl groups excluding tert-OH is 3. The van der Waals surface area contributed by atoms with Gasteiger partial charge in [0, 0.05) is 24.6 Å². The molecule has 1 heterocycles. The van der Waals surface area contributed by atoms with E-state index in [1.165, 1.54) is 0 Å². The summed E-state index contributed by atoms with van der Waals surface area (Å²) in [6, 6.07) is 5.12. The Morgan fingerprint density at radius 1 is 1.13 bits per heavy atom. The maximum absolute atomic E-state index is 12.5. The molecule has 14 nitrogen and oxygen atoms in total. The average molecular weight is 681 g/mol. The highest BCUT2D eigenvalue weighted by atomic mass is 35.5. The van der Waals surface area contributed by atoms with Crippen molar-refractivity contribution < 1.29 is 49.0 Å². The molecule has 0 aliphatic carbocycles. The van der Waals surface area contributed by atoms with Crippen molar-refractivity contribution in [3.63, 3.8) is 0 Å². The summed E-state index contributed by atoms with van der Waals surface area (Å²) < 4.78 is 22.0. The maximum Gasteiger partial charge on any atom is 0.364 e. The Labute approximate surface area is 276 Å². The summed E-state index contributed by atoms with van der Waals surface area (Å²) in [6.45, 7) is 1.78. The number of aliphatic carboxylic acids is 1. The van der Waals surface area contributed by atoms with Crippen molar-refractivity contribution in [3.05, 3.63) is 55.3 Å². The molecule has 1 amide bonds. The summed E-state index contributed by atoms with van der Waals surface area (Å²) in [7, 11) is 0. The van der Waals surface area contributed by atoms with Gasteiger partial charge in [0.05, 0.1) is 37.9 Å². The van der Waals surface area contributed by atoms with Crippen LogP contribution in [0.4, 0.5) is 5.69 Å². The molecule has 6 atom stereocenters. The van der Waals surface area contributed by atoms with Gasteiger partial charge in [0.15, 0.2) is 5.75 Å². The Kier molecular flexibility index (Phi) is 14.6. The van der Waals surface area contributed by atoms with E-state index in [2.05, 4.69) is 16.6 Å². The van der Waals surface area contributed by atoms with Gasteiger partial charge in [0.1, 0.15) is 24.5 Å². The van der Waals surface area contributed by atoms with Crippen LogP contribution in [-0.2, 0) is 30.2 Å². The van der Waals surface area contributed by atoms with Crippen molar-refractivity contribution in [3.8, 4) is 18.1 Å². The minimum absolute atomic E-state index is 0.0532. The molecule has 2 aromatic rings. The number of halogens is 1. The van der Waals surface area contributed by atoms with Gasteiger partial charge in [-0.25, -0.2) is 4.79 Å². The predicted octanol–water partition coefficient (Wildman–Crippen LogP) is 0.353. The van der Waals surface area contributed by atoms with Gasteiger partial charge in [-0.3, -0.25) is 14.4 Å². The summed E-state index contributed by atoms with van der Waals surface area (Å²) in [5.74, 6) is -2.44. The van der Waals surface area contributed by atoms with Crippen LogP contribution in [0.3, 0.4) is 0 Å². The minimum atomic E-state index is -2.44. The highest BCUT2D eigenvalue weighted by Crippen LogP contribution is 2.36. The van der Waals surface area contributed by atoms with Crippen LogP contribution in [0.15, 0.2) is 33.9 Å². The molecule has 0 saturated carbocycles. The van der Waals surface area contributed by atoms with E-state index in [1.807, 2.05) is 0 Å². The number of unbranched alkanes of at least 4 members (excludes halogenated alkanes) is 3. The number of ether oxygens (including phenoxy) is 4. The summed E-state index contributed by atoms with van der Waals surface area (Å²) in [4.78, 5) is 49.4. The van der Waals surface area contributed by atoms with Gasteiger partial charge in [0.25, 0.3) is 16.6 Å². The second-order valence-corrected chi connectivity index (χ2v) is 11.5. The zero-order valence-corrected chi connectivity index (χ0v) is 26.7. The molecule has 0 aromatic heterocycles. The lowest BCUT2D eigenvalue weighted by molar-refractivity contribution is -0.307. The van der Waals surface area contributed by atoms with Crippen LogP contribution in [0, 0.1) is 12.3 Å². The largest absolute Gasteiger partial charge is 0.488 e. The number of nitrogens with one attached hydrogen (secondary N) is 2. The molecule has 0 bridgehead atoms. The Bertz CT molecular complexity index is 1440. The highest BCUT2D eigenvalue weighted by Gasteiger charge is 2.56. The molecule has 47 heavy (non-hydrogen) atoms. The molecule has 0 spiro atoms. The molecule has 2 aromatic carbocycles. The van der Waals surface area contributed by atoms with E-state index in [0.717, 1.165) is 12.8 Å². The van der Waals surface area contributed by atoms with Crippen LogP contribution in [0.1, 0.15) is 44.6 Å². The molecule has 15 heteroatoms. The van der Waals surface area contributed by atoms with Crippen LogP contribution in [0.25, 0.3) is 0 Å². The third-order valence-corrected chi connectivity index (χ3v) is 7.84. The standard InChI is InChI=1S/C32H41ClN2O12/c1-3-13-44-14-7-5-6-8-15-46-32(31(42)43)17-21(36)24(35-25-27(40)28(41)29(25)45-4-2)30(47-32)26(39)22(37)18-34-23(38)16-19-9-11-20(33)12-10-19/h1,9-12,21-22,24,26,30,35-37,39H,4-8,13-18H2,2H3,(H,34,38)(H,42,43)/t21-,22+,24+,26+,30+,32+/m0/s1. The lowest BCUT2D eigenvalue weighted by Gasteiger charge is -2.47. The van der Waals surface area contributed by atoms with E-state index in [-0.39, 0.29) is 37.7 Å². The van der Waals surface area contributed by atoms with Gasteiger partial charge in [-0.2, -0.15) is 0 Å². The first-order valence-corrected chi connectivity index (χ1v) is 15.7. The monoisotopic (exact) mass is 680 g/mol. The van der Waals surface area contributed by atoms with E-state index >= 15 is 0 Å². The molecule has 258 valence electrons. The van der Waals surface area contributed by atoms with E-state index in [4.69, 9.17) is 37.0 Å². The number of hydrogen-bond donors (Lipinski definition) is 6. The lowest BCUT2D eigenvalue weighted by Crippen LogP contribution is -2.66. The van der Waals surface area contributed by atoms with E-state index in [0.29, 0.717) is 30.0 Å². The molecule has 1 saturated heterocycles. The summed E-state index contributed by atoms with van der Waals surface area (Å²) in [6.07, 6.45) is 0.0389. The third kappa shape index (κ3) is 10.2. The van der Waals surface area contributed by atoms with Gasteiger partial charge >= 0.3 is 5.97 Å². The zero-order valence-electron chi connectivity index (χ0n) is 26.0. The number of benzene rings is 1. The van der Waals surface area contributed by atoms with Crippen molar-refractivity contribution in [1.82, 2.24) is 5.32 Å². The Morgan fingerprint density at radius 3 is 2.45 bits per heavy atom. The molecular formula is C32H41ClN2O12. The first kappa shape index (κ1) is 37.9. The molecule has 1 aliphatic heterocycles. The van der Waals surface area contributed by atoms with Gasteiger partial charge in [0.2, 0.25) is 5.91 Å². The Balaban J connectivity index is 1.74. The number of carbonyl (C=O) groups excluding carboxylic acids is 1. The first-order valence-electron chi connectivity index (χ1n) is 15.3. The van der Waals surface area contributed by atoms with Gasteiger partial charge in [-0.15, -0.1) is 6.42 Å². The van der Waals surface area contributed by atoms with Crippen molar-refractivity contribution in [1.29, 1.82) is 0 Å². The van der Waals surface area contributed by atoms with Crippen LogP contribution in [0.2, 0.25) is 5.02 Å². The fourth-order valence-corrected chi connectivity index (χ4v) is 5.23. The smallest absolute Gasteiger partial charge is 0.364 e. The second-order valence-electron chi connectivity index (χ2n) is 11.1. The number of anilines is 1. The Hall–Kier alpha value is -3.55. The molecule has 0 radical (unpaired) electrons. The predicted molar refractivity (Wildman–Crippen MR) is 170 cm³/mol. The topological polar surface area (TPSA) is 210 Å². The van der Waals surface area contributed by atoms with Crippen molar-refractivity contribution in [2.24, 2.45) is 0 Å². The number of carboxylic acids is 1. The fraction of sp³-hybridized carbons (Fsp3) is 0.562. The molecule has 6 N–H and O–H groups in total. The minimum Gasteiger partial charge on any atom is -0.488 e. The number of terminal acetylenes is 1. The number of rotatable bonds is 20. The molecular weight excluding hydrogens is 640 g/mol. The number of hydrogen-bond acceptors (Lipinski definition) is 12.